The zero-order valence-corrected chi connectivity index (χ0v) is 18.1. The predicted molar refractivity (Wildman–Crippen MR) is 118 cm³/mol. The lowest BCUT2D eigenvalue weighted by Gasteiger charge is -2.14. The van der Waals surface area contributed by atoms with Crippen LogP contribution in [0.25, 0.3) is 22.4 Å². The molecule has 0 saturated heterocycles. The van der Waals surface area contributed by atoms with Gasteiger partial charge in [0.1, 0.15) is 11.6 Å². The van der Waals surface area contributed by atoms with Crippen LogP contribution in [0.5, 0.6) is 5.75 Å². The smallest absolute Gasteiger partial charge is 0.339 e. The number of esters is 1. The van der Waals surface area contributed by atoms with Crippen molar-refractivity contribution in [1.29, 1.82) is 0 Å². The van der Waals surface area contributed by atoms with E-state index in [-0.39, 0.29) is 11.3 Å². The second kappa shape index (κ2) is 9.07. The van der Waals surface area contributed by atoms with E-state index in [0.29, 0.717) is 33.8 Å². The lowest BCUT2D eigenvalue weighted by Crippen LogP contribution is -2.30. The molecule has 0 spiro atoms. The third-order valence-electron chi connectivity index (χ3n) is 4.99. The number of nitrogens with one attached hydrogen (secondary N) is 1. The SMILES string of the molecule is COc1ccc(NC(=O)C(C)OC(=O)c2cc(-c3ccc(F)cc3)nc3onc(C)c23)cc1. The fourth-order valence-corrected chi connectivity index (χ4v) is 3.22. The van der Waals surface area contributed by atoms with Gasteiger partial charge in [0.2, 0.25) is 0 Å². The van der Waals surface area contributed by atoms with Crippen molar-refractivity contribution in [2.24, 2.45) is 0 Å². The Morgan fingerprint density at radius 1 is 1.09 bits per heavy atom. The number of carbonyl (C=O) groups excluding carboxylic acids is 2. The van der Waals surface area contributed by atoms with Crippen LogP contribution in [0.2, 0.25) is 0 Å². The molecule has 1 atom stereocenters. The summed E-state index contributed by atoms with van der Waals surface area (Å²) in [4.78, 5) is 29.9. The van der Waals surface area contributed by atoms with Crippen molar-refractivity contribution in [2.45, 2.75) is 20.0 Å². The number of anilines is 1. The van der Waals surface area contributed by atoms with Crippen LogP contribution >= 0.6 is 0 Å². The average Bonchev–Trinajstić information content (AvgIpc) is 3.20. The van der Waals surface area contributed by atoms with Crippen LogP contribution in [0.3, 0.4) is 0 Å². The molecular weight excluding hydrogens is 429 g/mol. The van der Waals surface area contributed by atoms with Crippen LogP contribution in [0, 0.1) is 12.7 Å². The second-order valence-corrected chi connectivity index (χ2v) is 7.28. The number of ether oxygens (including phenoxy) is 2. The third kappa shape index (κ3) is 4.67. The van der Waals surface area contributed by atoms with E-state index >= 15 is 0 Å². The number of carbonyl (C=O) groups is 2. The Bertz CT molecular complexity index is 1320. The summed E-state index contributed by atoms with van der Waals surface area (Å²) in [5.74, 6) is -0.990. The van der Waals surface area contributed by atoms with Crippen LogP contribution in [0.1, 0.15) is 23.0 Å². The number of hydrogen-bond donors (Lipinski definition) is 1. The van der Waals surface area contributed by atoms with Gasteiger partial charge in [-0.25, -0.2) is 14.2 Å². The number of amides is 1. The van der Waals surface area contributed by atoms with Gasteiger partial charge >= 0.3 is 5.97 Å². The average molecular weight is 449 g/mol. The van der Waals surface area contributed by atoms with E-state index in [0.717, 1.165) is 0 Å². The zero-order chi connectivity index (χ0) is 23.5. The normalized spacial score (nSPS) is 11.8. The van der Waals surface area contributed by atoms with Gasteiger partial charge in [0.15, 0.2) is 6.10 Å². The van der Waals surface area contributed by atoms with Crippen molar-refractivity contribution in [1.82, 2.24) is 10.1 Å². The number of hydrogen-bond acceptors (Lipinski definition) is 7. The topological polar surface area (TPSA) is 104 Å². The third-order valence-corrected chi connectivity index (χ3v) is 4.99. The van der Waals surface area contributed by atoms with E-state index in [9.17, 15) is 14.0 Å². The van der Waals surface area contributed by atoms with E-state index in [1.807, 2.05) is 0 Å². The first kappa shape index (κ1) is 21.9. The van der Waals surface area contributed by atoms with Crippen LogP contribution in [0.4, 0.5) is 10.1 Å². The number of methoxy groups -OCH3 is 1. The quantitative estimate of drug-likeness (QED) is 0.431. The summed E-state index contributed by atoms with van der Waals surface area (Å²) in [5, 5.41) is 6.95. The highest BCUT2D eigenvalue weighted by molar-refractivity contribution is 6.05. The minimum Gasteiger partial charge on any atom is -0.497 e. The fraction of sp³-hybridized carbons (Fsp3) is 0.167. The molecule has 0 aliphatic rings. The molecule has 2 heterocycles. The maximum Gasteiger partial charge on any atom is 0.339 e. The van der Waals surface area contributed by atoms with Gasteiger partial charge < -0.3 is 19.3 Å². The van der Waals surface area contributed by atoms with Crippen molar-refractivity contribution in [2.75, 3.05) is 12.4 Å². The van der Waals surface area contributed by atoms with E-state index in [4.69, 9.17) is 14.0 Å². The molecular formula is C24H20FN3O5. The maximum atomic E-state index is 13.3. The number of fused-ring (bicyclic) bond motifs is 1. The molecule has 0 aliphatic carbocycles. The monoisotopic (exact) mass is 449 g/mol. The number of aromatic nitrogens is 2. The molecule has 0 aliphatic heterocycles. The van der Waals surface area contributed by atoms with Crippen molar-refractivity contribution >= 4 is 28.7 Å². The number of nitrogens with zero attached hydrogens (tertiary/aromatic N) is 2. The van der Waals surface area contributed by atoms with Gasteiger partial charge in [0, 0.05) is 11.3 Å². The molecule has 1 unspecified atom stereocenters. The number of aryl methyl sites for hydroxylation is 1. The van der Waals surface area contributed by atoms with Crippen molar-refractivity contribution < 1.29 is 28.0 Å². The fourth-order valence-electron chi connectivity index (χ4n) is 3.22. The first-order chi connectivity index (χ1) is 15.9. The molecule has 1 amide bonds. The van der Waals surface area contributed by atoms with Gasteiger partial charge in [0.05, 0.1) is 29.4 Å². The van der Waals surface area contributed by atoms with Crippen LogP contribution in [-0.2, 0) is 9.53 Å². The standard InChI is InChI=1S/C24H20FN3O5/c1-13-21-19(12-20(27-23(21)33-28-13)15-4-6-16(25)7-5-15)24(30)32-14(2)22(29)26-17-8-10-18(31-3)11-9-17/h4-12,14H,1-3H3,(H,26,29). The summed E-state index contributed by atoms with van der Waals surface area (Å²) in [6, 6.07) is 13.9. The molecule has 8 nitrogen and oxygen atoms in total. The molecule has 9 heteroatoms. The molecule has 0 bridgehead atoms. The van der Waals surface area contributed by atoms with Crippen LogP contribution in [-0.4, -0.2) is 35.2 Å². The number of rotatable bonds is 6. The Balaban J connectivity index is 1.58. The highest BCUT2D eigenvalue weighted by atomic mass is 19.1. The Morgan fingerprint density at radius 2 is 1.79 bits per heavy atom. The lowest BCUT2D eigenvalue weighted by molar-refractivity contribution is -0.123. The summed E-state index contributed by atoms with van der Waals surface area (Å²) in [6.45, 7) is 3.14. The largest absolute Gasteiger partial charge is 0.497 e. The summed E-state index contributed by atoms with van der Waals surface area (Å²) >= 11 is 0. The number of pyridine rings is 1. The van der Waals surface area contributed by atoms with E-state index < -0.39 is 23.8 Å². The van der Waals surface area contributed by atoms with Crippen LogP contribution in [0.15, 0.2) is 59.1 Å². The highest BCUT2D eigenvalue weighted by Crippen LogP contribution is 2.28. The van der Waals surface area contributed by atoms with Gasteiger partial charge in [-0.15, -0.1) is 0 Å². The van der Waals surface area contributed by atoms with Gasteiger partial charge in [-0.1, -0.05) is 5.16 Å². The molecule has 33 heavy (non-hydrogen) atoms. The Hall–Kier alpha value is -4.27. The Kier molecular flexibility index (Phi) is 6.03. The number of benzene rings is 2. The van der Waals surface area contributed by atoms with Gasteiger partial charge in [-0.3, -0.25) is 4.79 Å². The molecule has 2 aromatic heterocycles. The molecule has 168 valence electrons. The van der Waals surface area contributed by atoms with Crippen molar-refractivity contribution in [3.8, 4) is 17.0 Å². The Morgan fingerprint density at radius 3 is 2.45 bits per heavy atom. The molecule has 0 radical (unpaired) electrons. The second-order valence-electron chi connectivity index (χ2n) is 7.28. The first-order valence-corrected chi connectivity index (χ1v) is 10.0. The molecule has 4 rings (SSSR count). The summed E-state index contributed by atoms with van der Waals surface area (Å²) in [5.41, 5.74) is 2.21. The molecule has 0 saturated carbocycles. The van der Waals surface area contributed by atoms with Crippen molar-refractivity contribution in [3.63, 3.8) is 0 Å². The first-order valence-electron chi connectivity index (χ1n) is 10.0. The van der Waals surface area contributed by atoms with Gasteiger partial charge in [-0.2, -0.15) is 0 Å². The summed E-state index contributed by atoms with van der Waals surface area (Å²) in [7, 11) is 1.55. The minimum absolute atomic E-state index is 0.136. The predicted octanol–water partition coefficient (Wildman–Crippen LogP) is 4.53. The minimum atomic E-state index is -1.09. The Labute approximate surface area is 188 Å². The van der Waals surface area contributed by atoms with Crippen molar-refractivity contribution in [3.05, 3.63) is 71.7 Å². The molecule has 4 aromatic rings. The zero-order valence-electron chi connectivity index (χ0n) is 18.1. The maximum absolute atomic E-state index is 13.3. The lowest BCUT2D eigenvalue weighted by atomic mass is 10.1. The summed E-state index contributed by atoms with van der Waals surface area (Å²) in [6.07, 6.45) is -1.09. The van der Waals surface area contributed by atoms with Gasteiger partial charge in [0.25, 0.3) is 11.6 Å². The molecule has 0 fully saturated rings. The molecule has 1 N–H and O–H groups in total. The summed E-state index contributed by atoms with van der Waals surface area (Å²) < 4.78 is 29.1. The highest BCUT2D eigenvalue weighted by Gasteiger charge is 2.24. The van der Waals surface area contributed by atoms with E-state index in [2.05, 4.69) is 15.5 Å². The van der Waals surface area contributed by atoms with E-state index in [1.165, 1.54) is 37.3 Å². The van der Waals surface area contributed by atoms with Crippen LogP contribution < -0.4 is 10.1 Å². The van der Waals surface area contributed by atoms with Gasteiger partial charge in [-0.05, 0) is 68.4 Å². The number of halogens is 1. The van der Waals surface area contributed by atoms with E-state index in [1.54, 1.807) is 38.3 Å². The molecule has 2 aromatic carbocycles.